The highest BCUT2D eigenvalue weighted by Gasteiger charge is 2.30. The van der Waals surface area contributed by atoms with Crippen LogP contribution < -0.4 is 10.2 Å². The summed E-state index contributed by atoms with van der Waals surface area (Å²) in [6.45, 7) is 8.71. The number of carbonyl (C=O) groups is 1. The first kappa shape index (κ1) is 24.0. The molecule has 168 valence electrons. The zero-order valence-corrected chi connectivity index (χ0v) is 18.6. The molecule has 0 amide bonds. The molecule has 10 heteroatoms. The number of esters is 1. The number of anilines is 2. The Hall–Kier alpha value is -3.30. The second-order valence-electron chi connectivity index (χ2n) is 8.91. The standard InChI is InChI=1S/C21H28FN5O4/c1-20(2,3)31-16(28)12-26(6)19-17(27(29)30)18(23-13-24-19)25-21(4,5)11-14-7-9-15(22)10-8-14/h7-10,13H,11-12H2,1-6H3,(H,23,24,25). The topological polar surface area (TPSA) is 110 Å². The van der Waals surface area contributed by atoms with Gasteiger partial charge in [-0.3, -0.25) is 14.9 Å². The Balaban J connectivity index is 2.27. The van der Waals surface area contributed by atoms with Crippen LogP contribution in [0.4, 0.5) is 21.7 Å². The van der Waals surface area contributed by atoms with Crippen molar-refractivity contribution in [1.29, 1.82) is 0 Å². The third kappa shape index (κ3) is 7.16. The van der Waals surface area contributed by atoms with Crippen molar-refractivity contribution in [2.24, 2.45) is 0 Å². The van der Waals surface area contributed by atoms with Crippen molar-refractivity contribution in [2.45, 2.75) is 52.2 Å². The average molecular weight is 433 g/mol. The fourth-order valence-electron chi connectivity index (χ4n) is 3.03. The maximum atomic E-state index is 13.2. The van der Waals surface area contributed by atoms with Gasteiger partial charge in [-0.2, -0.15) is 0 Å². The summed E-state index contributed by atoms with van der Waals surface area (Å²) in [5, 5.41) is 14.9. The van der Waals surface area contributed by atoms with Crippen LogP contribution in [0.5, 0.6) is 0 Å². The minimum Gasteiger partial charge on any atom is -0.459 e. The van der Waals surface area contributed by atoms with Crippen LogP contribution in [-0.2, 0) is 16.0 Å². The van der Waals surface area contributed by atoms with Crippen LogP contribution in [0.25, 0.3) is 0 Å². The number of likely N-dealkylation sites (N-methyl/N-ethyl adjacent to an activating group) is 1. The van der Waals surface area contributed by atoms with E-state index in [4.69, 9.17) is 4.74 Å². The molecule has 0 aliphatic heterocycles. The van der Waals surface area contributed by atoms with E-state index in [0.29, 0.717) is 6.42 Å². The van der Waals surface area contributed by atoms with Gasteiger partial charge in [0.15, 0.2) is 0 Å². The first-order valence-corrected chi connectivity index (χ1v) is 9.72. The van der Waals surface area contributed by atoms with Gasteiger partial charge in [-0.05, 0) is 58.7 Å². The SMILES string of the molecule is CN(CC(=O)OC(C)(C)C)c1ncnc(NC(C)(C)Cc2ccc(F)cc2)c1[N+](=O)[O-]. The number of nitrogens with one attached hydrogen (secondary N) is 1. The third-order valence-electron chi connectivity index (χ3n) is 4.15. The predicted octanol–water partition coefficient (Wildman–Crippen LogP) is 3.74. The van der Waals surface area contributed by atoms with E-state index < -0.39 is 22.0 Å². The molecule has 31 heavy (non-hydrogen) atoms. The Kier molecular flexibility index (Phi) is 7.14. The lowest BCUT2D eigenvalue weighted by atomic mass is 9.95. The smallest absolute Gasteiger partial charge is 0.353 e. The Bertz CT molecular complexity index is 942. The van der Waals surface area contributed by atoms with Gasteiger partial charge in [0.25, 0.3) is 0 Å². The van der Waals surface area contributed by atoms with Gasteiger partial charge in [0, 0.05) is 12.6 Å². The summed E-state index contributed by atoms with van der Waals surface area (Å²) in [6.07, 6.45) is 1.67. The van der Waals surface area contributed by atoms with Gasteiger partial charge in [0.1, 0.15) is 24.3 Å². The number of hydrogen-bond acceptors (Lipinski definition) is 8. The van der Waals surface area contributed by atoms with Gasteiger partial charge < -0.3 is 15.0 Å². The molecule has 0 radical (unpaired) electrons. The first-order valence-electron chi connectivity index (χ1n) is 9.72. The zero-order valence-electron chi connectivity index (χ0n) is 18.6. The van der Waals surface area contributed by atoms with Crippen molar-refractivity contribution in [2.75, 3.05) is 23.8 Å². The monoisotopic (exact) mass is 433 g/mol. The molecule has 9 nitrogen and oxygen atoms in total. The molecule has 0 atom stereocenters. The van der Waals surface area contributed by atoms with Crippen LogP contribution in [0.2, 0.25) is 0 Å². The summed E-state index contributed by atoms with van der Waals surface area (Å²) in [4.78, 5) is 32.8. The summed E-state index contributed by atoms with van der Waals surface area (Å²) in [6, 6.07) is 6.05. The lowest BCUT2D eigenvalue weighted by molar-refractivity contribution is -0.383. The van der Waals surface area contributed by atoms with Crippen LogP contribution in [0.3, 0.4) is 0 Å². The fraction of sp³-hybridized carbons (Fsp3) is 0.476. The highest BCUT2D eigenvalue weighted by atomic mass is 19.1. The maximum Gasteiger partial charge on any atom is 0.353 e. The van der Waals surface area contributed by atoms with Crippen LogP contribution in [0, 0.1) is 15.9 Å². The lowest BCUT2D eigenvalue weighted by Crippen LogP contribution is -2.35. The van der Waals surface area contributed by atoms with Crippen molar-refractivity contribution in [3.8, 4) is 0 Å². The van der Waals surface area contributed by atoms with Gasteiger partial charge in [0.2, 0.25) is 11.6 Å². The summed E-state index contributed by atoms with van der Waals surface area (Å²) in [5.74, 6) is -0.850. The van der Waals surface area contributed by atoms with E-state index in [1.807, 2.05) is 13.8 Å². The molecule has 0 aliphatic carbocycles. The molecule has 0 fully saturated rings. The number of benzene rings is 1. The van der Waals surface area contributed by atoms with Crippen LogP contribution in [0.1, 0.15) is 40.2 Å². The fourth-order valence-corrected chi connectivity index (χ4v) is 3.03. The Labute approximate surface area is 180 Å². The molecule has 0 unspecified atom stereocenters. The molecule has 1 aromatic carbocycles. The number of halogens is 1. The number of ether oxygens (including phenoxy) is 1. The largest absolute Gasteiger partial charge is 0.459 e. The first-order chi connectivity index (χ1) is 14.3. The molecule has 0 saturated heterocycles. The van der Waals surface area contributed by atoms with E-state index >= 15 is 0 Å². The van der Waals surface area contributed by atoms with Crippen molar-refractivity contribution in [1.82, 2.24) is 9.97 Å². The number of carbonyl (C=O) groups excluding carboxylic acids is 1. The Morgan fingerprint density at radius 1 is 1.19 bits per heavy atom. The predicted molar refractivity (Wildman–Crippen MR) is 116 cm³/mol. The van der Waals surface area contributed by atoms with Gasteiger partial charge in [-0.15, -0.1) is 0 Å². The van der Waals surface area contributed by atoms with E-state index in [1.54, 1.807) is 32.9 Å². The second kappa shape index (κ2) is 9.23. The van der Waals surface area contributed by atoms with E-state index in [0.717, 1.165) is 5.56 Å². The van der Waals surface area contributed by atoms with E-state index in [9.17, 15) is 19.3 Å². The van der Waals surface area contributed by atoms with Gasteiger partial charge in [-0.25, -0.2) is 14.4 Å². The van der Waals surface area contributed by atoms with Gasteiger partial charge in [0.05, 0.1) is 4.92 Å². The Morgan fingerprint density at radius 2 is 1.81 bits per heavy atom. The van der Waals surface area contributed by atoms with E-state index in [1.165, 1.54) is 30.4 Å². The third-order valence-corrected chi connectivity index (χ3v) is 4.15. The molecule has 0 spiro atoms. The number of rotatable bonds is 8. The molecular formula is C21H28FN5O4. The van der Waals surface area contributed by atoms with Gasteiger partial charge >= 0.3 is 11.7 Å². The molecule has 0 bridgehead atoms. The summed E-state index contributed by atoms with van der Waals surface area (Å²) in [7, 11) is 1.52. The molecule has 2 aromatic rings. The van der Waals surface area contributed by atoms with Crippen molar-refractivity contribution >= 4 is 23.3 Å². The summed E-state index contributed by atoms with van der Waals surface area (Å²) >= 11 is 0. The molecule has 1 heterocycles. The summed E-state index contributed by atoms with van der Waals surface area (Å²) < 4.78 is 18.4. The minimum atomic E-state index is -0.674. The number of aromatic nitrogens is 2. The van der Waals surface area contributed by atoms with Crippen molar-refractivity contribution in [3.05, 3.63) is 52.1 Å². The van der Waals surface area contributed by atoms with Crippen LogP contribution in [-0.4, -0.2) is 45.6 Å². The number of nitrogens with zero attached hydrogens (tertiary/aromatic N) is 4. The van der Waals surface area contributed by atoms with Crippen LogP contribution >= 0.6 is 0 Å². The normalized spacial score (nSPS) is 11.7. The van der Waals surface area contributed by atoms with E-state index in [2.05, 4.69) is 15.3 Å². The van der Waals surface area contributed by atoms with Crippen LogP contribution in [0.15, 0.2) is 30.6 Å². The van der Waals surface area contributed by atoms with Gasteiger partial charge in [-0.1, -0.05) is 12.1 Å². The number of hydrogen-bond donors (Lipinski definition) is 1. The lowest BCUT2D eigenvalue weighted by Gasteiger charge is -2.28. The average Bonchev–Trinajstić information content (AvgIpc) is 2.61. The Morgan fingerprint density at radius 3 is 2.35 bits per heavy atom. The quantitative estimate of drug-likeness (QED) is 0.381. The van der Waals surface area contributed by atoms with Crippen molar-refractivity contribution < 1.29 is 18.8 Å². The number of nitro groups is 1. The summed E-state index contributed by atoms with van der Waals surface area (Å²) in [5.41, 5.74) is -0.802. The zero-order chi connectivity index (χ0) is 23.4. The molecule has 1 aromatic heterocycles. The molecule has 0 aliphatic rings. The van der Waals surface area contributed by atoms with Crippen molar-refractivity contribution in [3.63, 3.8) is 0 Å². The highest BCUT2D eigenvalue weighted by molar-refractivity contribution is 5.79. The highest BCUT2D eigenvalue weighted by Crippen LogP contribution is 2.33. The maximum absolute atomic E-state index is 13.2. The molecule has 1 N–H and O–H groups in total. The molecule has 0 saturated carbocycles. The second-order valence-corrected chi connectivity index (χ2v) is 8.91. The minimum absolute atomic E-state index is 0.00839. The molecule has 2 rings (SSSR count). The van der Waals surface area contributed by atoms with E-state index in [-0.39, 0.29) is 29.7 Å². The molecular weight excluding hydrogens is 405 g/mol.